The Labute approximate surface area is 149 Å². The number of hydrogen-bond acceptors (Lipinski definition) is 2. The van der Waals surface area contributed by atoms with Crippen LogP contribution in [0.2, 0.25) is 0 Å². The summed E-state index contributed by atoms with van der Waals surface area (Å²) in [7, 11) is 0. The van der Waals surface area contributed by atoms with Crippen molar-refractivity contribution in [3.63, 3.8) is 0 Å². The van der Waals surface area contributed by atoms with Gasteiger partial charge in [-0.15, -0.1) is 0 Å². The molecule has 1 aliphatic carbocycles. The molecule has 0 aromatic heterocycles. The van der Waals surface area contributed by atoms with Gasteiger partial charge in [-0.2, -0.15) is 4.39 Å². The second kappa shape index (κ2) is 9.50. The number of allylic oxidation sites excluding steroid dienone is 9. The smallest absolute Gasteiger partial charge is 0.370 e. The highest BCUT2D eigenvalue weighted by Gasteiger charge is 2.26. The Morgan fingerprint density at radius 1 is 1.28 bits per heavy atom. The van der Waals surface area contributed by atoms with Gasteiger partial charge < -0.3 is 4.74 Å². The highest BCUT2D eigenvalue weighted by Crippen LogP contribution is 2.40. The Balaban J connectivity index is 2.82. The summed E-state index contributed by atoms with van der Waals surface area (Å²) in [5.41, 5.74) is 3.81. The van der Waals surface area contributed by atoms with Crippen molar-refractivity contribution in [2.24, 2.45) is 5.41 Å². The molecule has 0 amide bonds. The van der Waals surface area contributed by atoms with Crippen LogP contribution in [0.25, 0.3) is 0 Å². The molecule has 0 N–H and O–H groups in total. The number of halogens is 2. The Morgan fingerprint density at radius 3 is 2.56 bits per heavy atom. The molecule has 0 spiro atoms. The summed E-state index contributed by atoms with van der Waals surface area (Å²) in [5.74, 6) is -4.03. The molecule has 0 saturated heterocycles. The number of esters is 1. The lowest BCUT2D eigenvalue weighted by Gasteiger charge is -2.32. The van der Waals surface area contributed by atoms with Crippen molar-refractivity contribution in [1.29, 1.82) is 0 Å². The molecule has 0 aromatic carbocycles. The van der Waals surface area contributed by atoms with Crippen LogP contribution >= 0.6 is 0 Å². The molecule has 0 bridgehead atoms. The van der Waals surface area contributed by atoms with Gasteiger partial charge in [-0.05, 0) is 57.1 Å². The van der Waals surface area contributed by atoms with Gasteiger partial charge in [0.15, 0.2) is 5.83 Å². The molecule has 25 heavy (non-hydrogen) atoms. The lowest BCUT2D eigenvalue weighted by molar-refractivity contribution is -0.140. The molecule has 0 fully saturated rings. The van der Waals surface area contributed by atoms with Crippen LogP contribution in [0.15, 0.2) is 58.8 Å². The van der Waals surface area contributed by atoms with E-state index in [-0.39, 0.29) is 12.0 Å². The molecule has 0 radical (unpaired) electrons. The third kappa shape index (κ3) is 6.45. The quantitative estimate of drug-likeness (QED) is 0.320. The van der Waals surface area contributed by atoms with Crippen molar-refractivity contribution in [1.82, 2.24) is 0 Å². The summed E-state index contributed by atoms with van der Waals surface area (Å²) in [6.07, 6.45) is 11.5. The SMILES string of the molecule is CCOC(=O)\C(F)=C(F)/C=C/C=C(C)/C=C/C1=C(C)CCCC1(C)C. The molecule has 138 valence electrons. The highest BCUT2D eigenvalue weighted by atomic mass is 19.2. The monoisotopic (exact) mass is 350 g/mol. The fraction of sp³-hybridized carbons (Fsp3) is 0.476. The number of carbonyl (C=O) groups excluding carboxylic acids is 1. The van der Waals surface area contributed by atoms with Gasteiger partial charge >= 0.3 is 5.97 Å². The molecule has 0 atom stereocenters. The minimum Gasteiger partial charge on any atom is -0.461 e. The van der Waals surface area contributed by atoms with E-state index in [0.717, 1.165) is 24.5 Å². The fourth-order valence-corrected chi connectivity index (χ4v) is 2.93. The molecule has 2 nitrogen and oxygen atoms in total. The van der Waals surface area contributed by atoms with Crippen molar-refractivity contribution in [2.75, 3.05) is 6.61 Å². The van der Waals surface area contributed by atoms with Crippen molar-refractivity contribution in [3.8, 4) is 0 Å². The molecule has 0 aliphatic heterocycles. The number of hydrogen-bond donors (Lipinski definition) is 0. The van der Waals surface area contributed by atoms with E-state index in [1.54, 1.807) is 6.08 Å². The topological polar surface area (TPSA) is 26.3 Å². The van der Waals surface area contributed by atoms with E-state index in [2.05, 4.69) is 31.6 Å². The Kier molecular flexibility index (Phi) is 8.01. The van der Waals surface area contributed by atoms with Crippen LogP contribution in [0.5, 0.6) is 0 Å². The first-order valence-corrected chi connectivity index (χ1v) is 8.64. The molecule has 1 aliphatic rings. The van der Waals surface area contributed by atoms with Gasteiger partial charge in [0.25, 0.3) is 0 Å². The molecule has 0 heterocycles. The summed E-state index contributed by atoms with van der Waals surface area (Å²) in [5, 5.41) is 0. The third-order valence-corrected chi connectivity index (χ3v) is 4.32. The van der Waals surface area contributed by atoms with Crippen molar-refractivity contribution < 1.29 is 18.3 Å². The van der Waals surface area contributed by atoms with Gasteiger partial charge in [-0.25, -0.2) is 9.18 Å². The highest BCUT2D eigenvalue weighted by molar-refractivity contribution is 5.86. The molecule has 1 rings (SSSR count). The van der Waals surface area contributed by atoms with Gasteiger partial charge in [-0.1, -0.05) is 49.3 Å². The second-order valence-corrected chi connectivity index (χ2v) is 6.92. The number of ether oxygens (including phenoxy) is 1. The maximum absolute atomic E-state index is 13.5. The van der Waals surface area contributed by atoms with Gasteiger partial charge in [0.05, 0.1) is 6.61 Å². The summed E-state index contributed by atoms with van der Waals surface area (Å²) < 4.78 is 31.3. The first-order valence-electron chi connectivity index (χ1n) is 8.64. The van der Waals surface area contributed by atoms with E-state index in [1.807, 2.05) is 13.0 Å². The molecular weight excluding hydrogens is 322 g/mol. The second-order valence-electron chi connectivity index (χ2n) is 6.92. The average molecular weight is 350 g/mol. The zero-order chi connectivity index (χ0) is 19.0. The van der Waals surface area contributed by atoms with Gasteiger partial charge in [-0.3, -0.25) is 0 Å². The zero-order valence-electron chi connectivity index (χ0n) is 15.8. The molecule has 0 aromatic rings. The van der Waals surface area contributed by atoms with E-state index < -0.39 is 17.6 Å². The third-order valence-electron chi connectivity index (χ3n) is 4.32. The van der Waals surface area contributed by atoms with Gasteiger partial charge in [0.2, 0.25) is 5.83 Å². The molecule has 0 unspecified atom stereocenters. The van der Waals surface area contributed by atoms with Crippen LogP contribution in [0.3, 0.4) is 0 Å². The average Bonchev–Trinajstić information content (AvgIpc) is 2.53. The summed E-state index contributed by atoms with van der Waals surface area (Å²) >= 11 is 0. The van der Waals surface area contributed by atoms with Crippen LogP contribution in [-0.4, -0.2) is 12.6 Å². The van der Waals surface area contributed by atoms with Crippen molar-refractivity contribution >= 4 is 5.97 Å². The first-order chi connectivity index (χ1) is 11.7. The van der Waals surface area contributed by atoms with Crippen LogP contribution in [-0.2, 0) is 9.53 Å². The molecular formula is C21H28F2O2. The Hall–Kier alpha value is -1.97. The van der Waals surface area contributed by atoms with Crippen LogP contribution < -0.4 is 0 Å². The largest absolute Gasteiger partial charge is 0.461 e. The van der Waals surface area contributed by atoms with Crippen molar-refractivity contribution in [2.45, 2.75) is 53.9 Å². The summed E-state index contributed by atoms with van der Waals surface area (Å²) in [4.78, 5) is 11.1. The lowest BCUT2D eigenvalue weighted by Crippen LogP contribution is -2.19. The predicted molar refractivity (Wildman–Crippen MR) is 98.2 cm³/mol. The molecule has 4 heteroatoms. The fourth-order valence-electron chi connectivity index (χ4n) is 2.93. The van der Waals surface area contributed by atoms with Crippen LogP contribution in [0, 0.1) is 5.41 Å². The maximum atomic E-state index is 13.5. The van der Waals surface area contributed by atoms with Gasteiger partial charge in [0.1, 0.15) is 0 Å². The minimum absolute atomic E-state index is 0.00132. The van der Waals surface area contributed by atoms with E-state index in [9.17, 15) is 13.6 Å². The maximum Gasteiger partial charge on any atom is 0.370 e. The van der Waals surface area contributed by atoms with Crippen molar-refractivity contribution in [3.05, 3.63) is 58.8 Å². The first kappa shape index (κ1) is 21.1. The summed E-state index contributed by atoms with van der Waals surface area (Å²) in [6, 6.07) is 0. The predicted octanol–water partition coefficient (Wildman–Crippen LogP) is 6.29. The van der Waals surface area contributed by atoms with E-state index in [4.69, 9.17) is 0 Å². The Morgan fingerprint density at radius 2 is 1.96 bits per heavy atom. The number of rotatable bonds is 6. The van der Waals surface area contributed by atoms with E-state index in [1.165, 1.54) is 30.6 Å². The standard InChI is InChI=1S/C21H28F2O2/c1-6-25-20(24)19(23)18(22)11-7-9-15(2)12-13-17-16(3)10-8-14-21(17,4)5/h7,9,11-13H,6,8,10,14H2,1-5H3/b11-7+,13-12+,15-9+,19-18-. The lowest BCUT2D eigenvalue weighted by atomic mass is 9.72. The summed E-state index contributed by atoms with van der Waals surface area (Å²) in [6.45, 7) is 10.1. The van der Waals surface area contributed by atoms with Gasteiger partial charge in [0, 0.05) is 0 Å². The minimum atomic E-state index is -1.51. The Bertz CT molecular complexity index is 647. The van der Waals surface area contributed by atoms with E-state index >= 15 is 0 Å². The van der Waals surface area contributed by atoms with Crippen LogP contribution in [0.1, 0.15) is 53.9 Å². The number of carbonyl (C=O) groups is 1. The molecule has 0 saturated carbocycles. The van der Waals surface area contributed by atoms with Crippen LogP contribution in [0.4, 0.5) is 8.78 Å². The normalized spacial score (nSPS) is 19.6. The van der Waals surface area contributed by atoms with E-state index in [0.29, 0.717) is 0 Å². The zero-order valence-corrected chi connectivity index (χ0v) is 15.8.